The summed E-state index contributed by atoms with van der Waals surface area (Å²) in [6, 6.07) is 0. The van der Waals surface area contributed by atoms with Crippen molar-refractivity contribution in [3.63, 3.8) is 0 Å². The molecule has 5 heteroatoms. The van der Waals surface area contributed by atoms with Crippen LogP contribution in [0.4, 0.5) is 10.2 Å². The van der Waals surface area contributed by atoms with Gasteiger partial charge in [0.25, 0.3) is 0 Å². The van der Waals surface area contributed by atoms with E-state index in [-0.39, 0.29) is 0 Å². The van der Waals surface area contributed by atoms with E-state index in [9.17, 15) is 4.39 Å². The summed E-state index contributed by atoms with van der Waals surface area (Å²) in [7, 11) is 0. The summed E-state index contributed by atoms with van der Waals surface area (Å²) >= 11 is 6.98. The van der Waals surface area contributed by atoms with Gasteiger partial charge in [-0.3, -0.25) is 0 Å². The van der Waals surface area contributed by atoms with Crippen LogP contribution >= 0.6 is 22.9 Å². The van der Waals surface area contributed by atoms with Crippen LogP contribution in [0.1, 0.15) is 19.3 Å². The van der Waals surface area contributed by atoms with E-state index in [1.54, 1.807) is 5.38 Å². The van der Waals surface area contributed by atoms with Crippen LogP contribution in [-0.4, -0.2) is 17.2 Å². The van der Waals surface area contributed by atoms with Gasteiger partial charge in [-0.1, -0.05) is 11.6 Å². The van der Waals surface area contributed by atoms with Gasteiger partial charge in [0.05, 0.1) is 6.54 Å². The van der Waals surface area contributed by atoms with Gasteiger partial charge in [0.15, 0.2) is 4.47 Å². The second kappa shape index (κ2) is 3.42. The Labute approximate surface area is 85.1 Å². The van der Waals surface area contributed by atoms with Crippen LogP contribution < -0.4 is 5.32 Å². The summed E-state index contributed by atoms with van der Waals surface area (Å²) in [5.74, 6) is 0.680. The van der Waals surface area contributed by atoms with E-state index < -0.39 is 5.67 Å². The quantitative estimate of drug-likeness (QED) is 0.847. The van der Waals surface area contributed by atoms with Gasteiger partial charge < -0.3 is 5.32 Å². The van der Waals surface area contributed by atoms with Crippen molar-refractivity contribution < 1.29 is 4.39 Å². The lowest BCUT2D eigenvalue weighted by Gasteiger charge is -2.33. The molecule has 1 heterocycles. The Morgan fingerprint density at radius 3 is 2.92 bits per heavy atom. The summed E-state index contributed by atoms with van der Waals surface area (Å²) in [6.45, 7) is 0.354. The van der Waals surface area contributed by atoms with Crippen LogP contribution in [0.3, 0.4) is 0 Å². The largest absolute Gasteiger partial charge is 0.366 e. The number of anilines is 1. The number of alkyl halides is 1. The maximum Gasteiger partial charge on any atom is 0.185 e. The lowest BCUT2D eigenvalue weighted by atomic mass is 9.82. The van der Waals surface area contributed by atoms with Gasteiger partial charge in [0.2, 0.25) is 0 Å². The van der Waals surface area contributed by atoms with E-state index >= 15 is 0 Å². The van der Waals surface area contributed by atoms with Crippen molar-refractivity contribution in [3.8, 4) is 0 Å². The van der Waals surface area contributed by atoms with Crippen LogP contribution in [0.2, 0.25) is 4.47 Å². The van der Waals surface area contributed by atoms with Crippen LogP contribution in [-0.2, 0) is 0 Å². The number of halogens is 2. The molecule has 0 radical (unpaired) electrons. The summed E-state index contributed by atoms with van der Waals surface area (Å²) in [4.78, 5) is 3.98. The van der Waals surface area contributed by atoms with Crippen molar-refractivity contribution in [1.29, 1.82) is 0 Å². The first-order valence-corrected chi connectivity index (χ1v) is 5.48. The molecule has 13 heavy (non-hydrogen) atoms. The summed E-state index contributed by atoms with van der Waals surface area (Å²) in [5, 5.41) is 4.74. The van der Waals surface area contributed by atoms with E-state index in [1.807, 2.05) is 0 Å². The standard InChI is InChI=1S/C8H10ClFN2S/c9-7-12-6(4-13-7)11-5-8(10)2-1-3-8/h4,11H,1-3,5H2. The molecule has 0 aliphatic heterocycles. The van der Waals surface area contributed by atoms with Crippen molar-refractivity contribution in [2.75, 3.05) is 11.9 Å². The van der Waals surface area contributed by atoms with Crippen molar-refractivity contribution in [2.45, 2.75) is 24.9 Å². The second-order valence-electron chi connectivity index (χ2n) is 3.34. The van der Waals surface area contributed by atoms with Crippen molar-refractivity contribution in [1.82, 2.24) is 4.98 Å². The molecule has 1 aliphatic rings. The third-order valence-electron chi connectivity index (χ3n) is 2.31. The molecule has 1 aromatic rings. The van der Waals surface area contributed by atoms with E-state index in [1.165, 1.54) is 11.3 Å². The molecule has 2 rings (SSSR count). The second-order valence-corrected chi connectivity index (χ2v) is 4.78. The molecule has 0 saturated heterocycles. The van der Waals surface area contributed by atoms with E-state index in [0.717, 1.165) is 6.42 Å². The van der Waals surface area contributed by atoms with Gasteiger partial charge >= 0.3 is 0 Å². The lowest BCUT2D eigenvalue weighted by molar-refractivity contribution is 0.0783. The molecule has 0 bridgehead atoms. The molecule has 72 valence electrons. The molecule has 0 amide bonds. The molecule has 0 atom stereocenters. The highest BCUT2D eigenvalue weighted by Gasteiger charge is 2.36. The molecule has 0 unspecified atom stereocenters. The van der Waals surface area contributed by atoms with Gasteiger partial charge in [0, 0.05) is 5.38 Å². The minimum atomic E-state index is -1.00. The number of hydrogen-bond acceptors (Lipinski definition) is 3. The summed E-state index contributed by atoms with van der Waals surface area (Å²) in [6.07, 6.45) is 2.33. The third-order valence-corrected chi connectivity index (χ3v) is 3.29. The Morgan fingerprint density at radius 1 is 1.69 bits per heavy atom. The number of hydrogen-bond donors (Lipinski definition) is 1. The topological polar surface area (TPSA) is 24.9 Å². The fourth-order valence-electron chi connectivity index (χ4n) is 1.32. The maximum absolute atomic E-state index is 13.5. The predicted molar refractivity (Wildman–Crippen MR) is 53.3 cm³/mol. The smallest absolute Gasteiger partial charge is 0.185 e. The Hall–Kier alpha value is -0.350. The zero-order valence-corrected chi connectivity index (χ0v) is 8.59. The van der Waals surface area contributed by atoms with Crippen molar-refractivity contribution in [2.24, 2.45) is 0 Å². The number of thiazole rings is 1. The van der Waals surface area contributed by atoms with Crippen LogP contribution in [0.5, 0.6) is 0 Å². The molecule has 2 nitrogen and oxygen atoms in total. The van der Waals surface area contributed by atoms with Gasteiger partial charge in [-0.15, -0.1) is 11.3 Å². The van der Waals surface area contributed by atoms with Crippen LogP contribution in [0.25, 0.3) is 0 Å². The monoisotopic (exact) mass is 220 g/mol. The zero-order chi connectivity index (χ0) is 9.31. The van der Waals surface area contributed by atoms with Gasteiger partial charge in [-0.05, 0) is 19.3 Å². The van der Waals surface area contributed by atoms with Gasteiger partial charge in [-0.25, -0.2) is 9.37 Å². The number of nitrogens with zero attached hydrogens (tertiary/aromatic N) is 1. The lowest BCUT2D eigenvalue weighted by Crippen LogP contribution is -2.39. The molecule has 1 fully saturated rings. The Morgan fingerprint density at radius 2 is 2.46 bits per heavy atom. The minimum absolute atomic E-state index is 0.354. The molecule has 0 aromatic carbocycles. The maximum atomic E-state index is 13.5. The molecule has 1 saturated carbocycles. The van der Waals surface area contributed by atoms with Crippen LogP contribution in [0.15, 0.2) is 5.38 Å². The predicted octanol–water partition coefficient (Wildman–Crippen LogP) is 3.10. The van der Waals surface area contributed by atoms with E-state index in [0.29, 0.717) is 29.7 Å². The zero-order valence-electron chi connectivity index (χ0n) is 7.02. The Bertz CT molecular complexity index is 298. The molecule has 1 aromatic heterocycles. The fourth-order valence-corrected chi connectivity index (χ4v) is 2.04. The average molecular weight is 221 g/mol. The Balaban J connectivity index is 1.85. The SMILES string of the molecule is FC1(CNc2csc(Cl)n2)CCC1. The van der Waals surface area contributed by atoms with Gasteiger partial charge in [-0.2, -0.15) is 0 Å². The highest BCUT2D eigenvalue weighted by atomic mass is 35.5. The molecular formula is C8H10ClFN2S. The van der Waals surface area contributed by atoms with E-state index in [4.69, 9.17) is 11.6 Å². The average Bonchev–Trinajstić information content (AvgIpc) is 2.44. The number of rotatable bonds is 3. The van der Waals surface area contributed by atoms with Crippen molar-refractivity contribution >= 4 is 28.8 Å². The number of nitrogens with one attached hydrogen (secondary N) is 1. The third kappa shape index (κ3) is 2.11. The first-order chi connectivity index (χ1) is 6.18. The Kier molecular flexibility index (Phi) is 2.43. The summed E-state index contributed by atoms with van der Waals surface area (Å²) < 4.78 is 14.0. The normalized spacial score (nSPS) is 19.5. The fraction of sp³-hybridized carbons (Fsp3) is 0.625. The first kappa shape index (κ1) is 9.21. The summed E-state index contributed by atoms with van der Waals surface area (Å²) in [5.41, 5.74) is -1.00. The molecule has 1 N–H and O–H groups in total. The van der Waals surface area contributed by atoms with Crippen LogP contribution in [0, 0.1) is 0 Å². The highest BCUT2D eigenvalue weighted by molar-refractivity contribution is 7.14. The molecule has 0 spiro atoms. The number of aromatic nitrogens is 1. The molecule has 1 aliphatic carbocycles. The first-order valence-electron chi connectivity index (χ1n) is 4.22. The minimum Gasteiger partial charge on any atom is -0.366 e. The van der Waals surface area contributed by atoms with E-state index in [2.05, 4.69) is 10.3 Å². The van der Waals surface area contributed by atoms with Gasteiger partial charge in [0.1, 0.15) is 11.5 Å². The highest BCUT2D eigenvalue weighted by Crippen LogP contribution is 2.35. The molecular weight excluding hydrogens is 211 g/mol. The van der Waals surface area contributed by atoms with Crippen molar-refractivity contribution in [3.05, 3.63) is 9.85 Å².